The Labute approximate surface area is 109 Å². The van der Waals surface area contributed by atoms with Crippen LogP contribution in [0.3, 0.4) is 0 Å². The molecule has 0 aromatic heterocycles. The predicted molar refractivity (Wildman–Crippen MR) is 73.1 cm³/mol. The second kappa shape index (κ2) is 5.32. The average Bonchev–Trinajstić information content (AvgIpc) is 3.11. The molecule has 2 rings (SSSR count). The van der Waals surface area contributed by atoms with Crippen LogP contribution in [0.25, 0.3) is 0 Å². The molecule has 3 heteroatoms. The minimum atomic E-state index is 0.0234. The monoisotopic (exact) mass is 252 g/mol. The Bertz CT molecular complexity index is 372. The van der Waals surface area contributed by atoms with E-state index in [1.54, 1.807) is 0 Å². The number of hydrogen-bond acceptors (Lipinski definition) is 3. The van der Waals surface area contributed by atoms with Crippen LogP contribution in [0.5, 0.6) is 5.75 Å². The summed E-state index contributed by atoms with van der Waals surface area (Å²) < 4.78 is 11.0. The van der Waals surface area contributed by atoms with Gasteiger partial charge in [0.25, 0.3) is 0 Å². The highest BCUT2D eigenvalue weighted by Crippen LogP contribution is 2.29. The van der Waals surface area contributed by atoms with Crippen molar-refractivity contribution in [1.29, 1.82) is 0 Å². The zero-order valence-corrected chi connectivity index (χ0v) is 11.4. The van der Waals surface area contributed by atoms with Crippen molar-refractivity contribution in [3.8, 4) is 5.75 Å². The maximum absolute atomic E-state index is 5.79. The lowest BCUT2D eigenvalue weighted by molar-refractivity contribution is 0.260. The lowest BCUT2D eigenvalue weighted by atomic mass is 9.97. The third-order valence-electron chi connectivity index (χ3n) is 3.13. The summed E-state index contributed by atoms with van der Waals surface area (Å²) >= 11 is 4.69. The van der Waals surface area contributed by atoms with E-state index in [0.29, 0.717) is 12.7 Å². The number of hydrogen-bond donors (Lipinski definition) is 1. The maximum atomic E-state index is 5.79. The van der Waals surface area contributed by atoms with Gasteiger partial charge in [-0.25, -0.2) is 0 Å². The number of epoxide rings is 1. The van der Waals surface area contributed by atoms with Crippen molar-refractivity contribution in [2.24, 2.45) is 0 Å². The molecule has 94 valence electrons. The van der Waals surface area contributed by atoms with E-state index in [4.69, 9.17) is 9.47 Å². The first-order chi connectivity index (χ1) is 8.11. The van der Waals surface area contributed by atoms with E-state index in [1.807, 2.05) is 12.1 Å². The Balaban J connectivity index is 2.03. The molecule has 0 saturated carbocycles. The van der Waals surface area contributed by atoms with Crippen LogP contribution in [0.15, 0.2) is 24.3 Å². The van der Waals surface area contributed by atoms with Gasteiger partial charge in [-0.05, 0) is 24.5 Å². The Morgan fingerprint density at radius 3 is 2.82 bits per heavy atom. The molecule has 2 nitrogen and oxygen atoms in total. The minimum absolute atomic E-state index is 0.0234. The molecule has 1 aromatic rings. The van der Waals surface area contributed by atoms with Gasteiger partial charge in [0, 0.05) is 4.75 Å². The normalized spacial score (nSPS) is 21.9. The number of benzene rings is 1. The van der Waals surface area contributed by atoms with Crippen LogP contribution in [0.1, 0.15) is 25.8 Å². The Morgan fingerprint density at radius 1 is 1.47 bits per heavy atom. The molecule has 0 N–H and O–H groups in total. The van der Waals surface area contributed by atoms with E-state index >= 15 is 0 Å². The van der Waals surface area contributed by atoms with Gasteiger partial charge in [0.2, 0.25) is 0 Å². The summed E-state index contributed by atoms with van der Waals surface area (Å²) in [6.07, 6.45) is 2.27. The number of thiol groups is 1. The molecule has 1 aliphatic rings. The van der Waals surface area contributed by atoms with Crippen LogP contribution in [-0.4, -0.2) is 24.1 Å². The second-order valence-electron chi connectivity index (χ2n) is 4.90. The topological polar surface area (TPSA) is 21.8 Å². The zero-order valence-electron chi connectivity index (χ0n) is 10.5. The molecule has 1 aromatic carbocycles. The smallest absolute Gasteiger partial charge is 0.122 e. The summed E-state index contributed by atoms with van der Waals surface area (Å²) in [6, 6.07) is 8.20. The van der Waals surface area contributed by atoms with Crippen molar-refractivity contribution in [3.63, 3.8) is 0 Å². The highest BCUT2D eigenvalue weighted by Gasteiger charge is 2.24. The van der Waals surface area contributed by atoms with Gasteiger partial charge in [0.05, 0.1) is 6.61 Å². The maximum Gasteiger partial charge on any atom is 0.122 e. The molecule has 1 saturated heterocycles. The largest absolute Gasteiger partial charge is 0.491 e. The molecule has 0 radical (unpaired) electrons. The van der Waals surface area contributed by atoms with Gasteiger partial charge in [0.1, 0.15) is 18.5 Å². The molecular formula is C14H20O2S. The fourth-order valence-electron chi connectivity index (χ4n) is 1.67. The number of para-hydroxylation sites is 1. The molecule has 0 aliphatic carbocycles. The van der Waals surface area contributed by atoms with E-state index in [2.05, 4.69) is 38.6 Å². The third-order valence-corrected chi connectivity index (χ3v) is 3.61. The second-order valence-corrected chi connectivity index (χ2v) is 5.98. The van der Waals surface area contributed by atoms with Gasteiger partial charge < -0.3 is 9.47 Å². The van der Waals surface area contributed by atoms with Crippen LogP contribution in [0.4, 0.5) is 0 Å². The molecule has 0 bridgehead atoms. The summed E-state index contributed by atoms with van der Waals surface area (Å²) in [6.45, 7) is 5.82. The molecule has 17 heavy (non-hydrogen) atoms. The molecule has 1 aliphatic heterocycles. The molecule has 1 heterocycles. The SMILES string of the molecule is CCC(C)(S)Cc1ccccc1OCC1CO1. The van der Waals surface area contributed by atoms with Crippen LogP contribution in [0.2, 0.25) is 0 Å². The average molecular weight is 252 g/mol. The van der Waals surface area contributed by atoms with E-state index in [1.165, 1.54) is 5.56 Å². The first kappa shape index (κ1) is 12.8. The minimum Gasteiger partial charge on any atom is -0.491 e. The van der Waals surface area contributed by atoms with E-state index < -0.39 is 0 Å². The Kier molecular flexibility index (Phi) is 4.00. The van der Waals surface area contributed by atoms with Gasteiger partial charge in [-0.1, -0.05) is 32.0 Å². The van der Waals surface area contributed by atoms with Gasteiger partial charge in [-0.2, -0.15) is 12.6 Å². The van der Waals surface area contributed by atoms with Crippen LogP contribution < -0.4 is 4.74 Å². The molecule has 0 spiro atoms. The molecule has 2 unspecified atom stereocenters. The summed E-state index contributed by atoms with van der Waals surface area (Å²) in [5.41, 5.74) is 1.23. The first-order valence-corrected chi connectivity index (χ1v) is 6.60. The van der Waals surface area contributed by atoms with Gasteiger partial charge >= 0.3 is 0 Å². The third kappa shape index (κ3) is 3.93. The molecule has 2 atom stereocenters. The van der Waals surface area contributed by atoms with Gasteiger partial charge in [-0.3, -0.25) is 0 Å². The predicted octanol–water partition coefficient (Wildman–Crippen LogP) is 3.11. The highest BCUT2D eigenvalue weighted by atomic mass is 32.1. The van der Waals surface area contributed by atoms with Crippen molar-refractivity contribution in [2.45, 2.75) is 37.5 Å². The molecule has 1 fully saturated rings. The summed E-state index contributed by atoms with van der Waals surface area (Å²) in [7, 11) is 0. The van der Waals surface area contributed by atoms with Crippen molar-refractivity contribution < 1.29 is 9.47 Å². The first-order valence-electron chi connectivity index (χ1n) is 6.15. The lowest BCUT2D eigenvalue weighted by Gasteiger charge is -2.23. The van der Waals surface area contributed by atoms with Crippen LogP contribution in [0, 0.1) is 0 Å². The Hall–Kier alpha value is -0.670. The standard InChI is InChI=1S/C14H20O2S/c1-3-14(2,17)8-11-6-4-5-7-13(11)16-10-12-9-15-12/h4-7,12,17H,3,8-10H2,1-2H3. The highest BCUT2D eigenvalue weighted by molar-refractivity contribution is 7.81. The Morgan fingerprint density at radius 2 is 2.18 bits per heavy atom. The molecular weight excluding hydrogens is 232 g/mol. The summed E-state index contributed by atoms with van der Waals surface area (Å²) in [4.78, 5) is 0. The zero-order chi connectivity index (χ0) is 12.3. The van der Waals surface area contributed by atoms with E-state index in [0.717, 1.165) is 25.2 Å². The van der Waals surface area contributed by atoms with Crippen molar-refractivity contribution in [2.75, 3.05) is 13.2 Å². The summed E-state index contributed by atoms with van der Waals surface area (Å²) in [5.74, 6) is 0.969. The number of ether oxygens (including phenoxy) is 2. The van der Waals surface area contributed by atoms with Crippen LogP contribution in [-0.2, 0) is 11.2 Å². The van der Waals surface area contributed by atoms with Gasteiger partial charge in [0.15, 0.2) is 0 Å². The van der Waals surface area contributed by atoms with E-state index in [9.17, 15) is 0 Å². The summed E-state index contributed by atoms with van der Waals surface area (Å²) in [5, 5.41) is 0. The van der Waals surface area contributed by atoms with Gasteiger partial charge in [-0.15, -0.1) is 0 Å². The fraction of sp³-hybridized carbons (Fsp3) is 0.571. The van der Waals surface area contributed by atoms with E-state index in [-0.39, 0.29) is 4.75 Å². The quantitative estimate of drug-likeness (QED) is 0.620. The molecule has 0 amide bonds. The fourth-order valence-corrected chi connectivity index (χ4v) is 1.84. The van der Waals surface area contributed by atoms with Crippen molar-refractivity contribution in [3.05, 3.63) is 29.8 Å². The van der Waals surface area contributed by atoms with Crippen molar-refractivity contribution in [1.82, 2.24) is 0 Å². The lowest BCUT2D eigenvalue weighted by Crippen LogP contribution is -2.19. The van der Waals surface area contributed by atoms with Crippen LogP contribution >= 0.6 is 12.6 Å². The van der Waals surface area contributed by atoms with Crippen molar-refractivity contribution >= 4 is 12.6 Å². The number of rotatable bonds is 6.